The highest BCUT2D eigenvalue weighted by Crippen LogP contribution is 2.39. The predicted molar refractivity (Wildman–Crippen MR) is 99.8 cm³/mol. The summed E-state index contributed by atoms with van der Waals surface area (Å²) < 4.78 is 10.1. The van der Waals surface area contributed by atoms with Gasteiger partial charge in [0, 0.05) is 6.21 Å². The van der Waals surface area contributed by atoms with Gasteiger partial charge < -0.3 is 9.47 Å². The summed E-state index contributed by atoms with van der Waals surface area (Å²) in [5.41, 5.74) is -0.0525. The van der Waals surface area contributed by atoms with Gasteiger partial charge in [-0.3, -0.25) is 0 Å². The van der Waals surface area contributed by atoms with Gasteiger partial charge in [0.05, 0.1) is 19.8 Å². The molecule has 0 fully saturated rings. The van der Waals surface area contributed by atoms with Crippen molar-refractivity contribution in [1.29, 1.82) is 0 Å². The van der Waals surface area contributed by atoms with E-state index in [2.05, 4.69) is 18.8 Å². The van der Waals surface area contributed by atoms with E-state index in [0.29, 0.717) is 18.1 Å². The highest BCUT2D eigenvalue weighted by molar-refractivity contribution is 7.98. The number of ether oxygens (including phenoxy) is 2. The molecule has 1 heterocycles. The fourth-order valence-corrected chi connectivity index (χ4v) is 3.81. The third-order valence-electron chi connectivity index (χ3n) is 3.74. The number of hydrogen-bond donors (Lipinski definition) is 0. The first kappa shape index (κ1) is 21.5. The minimum atomic E-state index is -0.549. The average molecular weight is 373 g/mol. The first-order valence-electron chi connectivity index (χ1n) is 8.71. The fourth-order valence-electron chi connectivity index (χ4n) is 2.47. The minimum Gasteiger partial charge on any atom is -0.447 e. The van der Waals surface area contributed by atoms with E-state index in [4.69, 9.17) is 9.47 Å². The first-order valence-corrected chi connectivity index (χ1v) is 9.48. The lowest BCUT2D eigenvalue weighted by molar-refractivity contribution is -0.835. The maximum atomic E-state index is 12.8. The normalized spacial score (nSPS) is 18.1. The first-order chi connectivity index (χ1) is 11.8. The predicted octanol–water partition coefficient (Wildman–Crippen LogP) is 4.36. The molecule has 25 heavy (non-hydrogen) atoms. The molecule has 1 aliphatic rings. The smallest absolute Gasteiger partial charge is 0.447 e. The fraction of sp³-hybridized carbons (Fsp3) is 0.706. The van der Waals surface area contributed by atoms with Crippen LogP contribution in [0.4, 0.5) is 9.59 Å². The number of hydrogen-bond acceptors (Lipinski definition) is 6. The van der Waals surface area contributed by atoms with Crippen LogP contribution in [0.15, 0.2) is 16.1 Å². The quantitative estimate of drug-likeness (QED) is 0.393. The number of carbonyl (C=O) groups excluding carboxylic acids is 2. The van der Waals surface area contributed by atoms with Gasteiger partial charge in [-0.2, -0.15) is 4.79 Å². The van der Waals surface area contributed by atoms with Crippen LogP contribution in [0.3, 0.4) is 0 Å². The van der Waals surface area contributed by atoms with Crippen molar-refractivity contribution in [2.75, 3.05) is 26.3 Å². The zero-order valence-electron chi connectivity index (χ0n) is 16.1. The van der Waals surface area contributed by atoms with Crippen molar-refractivity contribution in [3.8, 4) is 0 Å². The Bertz CT molecular complexity index is 548. The van der Waals surface area contributed by atoms with Crippen LogP contribution in [-0.4, -0.2) is 53.7 Å². The number of aliphatic imine (C=N–C) groups is 1. The zero-order chi connectivity index (χ0) is 19.1. The third kappa shape index (κ3) is 5.22. The zero-order valence-corrected chi connectivity index (χ0v) is 16.9. The van der Waals surface area contributed by atoms with Gasteiger partial charge in [0.2, 0.25) is 0 Å². The van der Waals surface area contributed by atoms with Crippen molar-refractivity contribution >= 4 is 30.3 Å². The summed E-state index contributed by atoms with van der Waals surface area (Å²) in [4.78, 5) is 29.7. The van der Waals surface area contributed by atoms with Gasteiger partial charge in [-0.25, -0.2) is 9.79 Å². The Labute approximate surface area is 154 Å². The van der Waals surface area contributed by atoms with Crippen molar-refractivity contribution in [3.05, 3.63) is 11.1 Å². The Kier molecular flexibility index (Phi) is 7.95. The molecule has 0 aliphatic carbocycles. The summed E-state index contributed by atoms with van der Waals surface area (Å²) >= 11 is 1.20. The summed E-state index contributed by atoms with van der Waals surface area (Å²) in [5.74, 6) is 0. The Morgan fingerprint density at radius 2 is 1.88 bits per heavy atom. The molecule has 0 aromatic rings. The molecular formula is C17H30N3O4S+. The van der Waals surface area contributed by atoms with Crippen LogP contribution in [-0.2, 0) is 9.47 Å². The molecule has 1 atom stereocenters. The lowest BCUT2D eigenvalue weighted by Gasteiger charge is -2.37. The summed E-state index contributed by atoms with van der Waals surface area (Å²) in [6, 6.07) is 0. The summed E-state index contributed by atoms with van der Waals surface area (Å²) in [6.07, 6.45) is 3.64. The standard InChI is InChI=1S/C17H30N3O4S/c1-7-19(15(21)23-9-3)20(8-2,16(22)24-10-4)25-14-13-17(5,6)11-12-18-14/h12-13H,7-11H2,1-6H3/q+1. The van der Waals surface area contributed by atoms with Crippen LogP contribution >= 0.6 is 11.9 Å². The molecule has 0 bridgehead atoms. The van der Waals surface area contributed by atoms with Crippen LogP contribution in [0.5, 0.6) is 0 Å². The molecule has 1 rings (SSSR count). The molecule has 7 nitrogen and oxygen atoms in total. The SMILES string of the molecule is CCOC(=O)N(CC)[N+](CC)(SC1=CC(C)(C)CC=N1)C(=O)OCC. The molecular weight excluding hydrogens is 342 g/mol. The van der Waals surface area contributed by atoms with Crippen molar-refractivity contribution in [3.63, 3.8) is 0 Å². The van der Waals surface area contributed by atoms with E-state index in [9.17, 15) is 9.59 Å². The Hall–Kier alpha value is -1.54. The van der Waals surface area contributed by atoms with E-state index in [0.717, 1.165) is 6.42 Å². The lowest BCUT2D eigenvalue weighted by Crippen LogP contribution is -2.61. The number of nitrogens with zero attached hydrogens (tertiary/aromatic N) is 3. The van der Waals surface area contributed by atoms with E-state index in [1.54, 1.807) is 13.8 Å². The monoisotopic (exact) mass is 372 g/mol. The topological polar surface area (TPSA) is 68.2 Å². The highest BCUT2D eigenvalue weighted by atomic mass is 32.2. The molecule has 8 heteroatoms. The van der Waals surface area contributed by atoms with Gasteiger partial charge in [-0.05, 0) is 45.6 Å². The maximum Gasteiger partial charge on any atom is 0.554 e. The van der Waals surface area contributed by atoms with Gasteiger partial charge in [0.15, 0.2) is 17.0 Å². The van der Waals surface area contributed by atoms with Gasteiger partial charge in [-0.1, -0.05) is 17.8 Å². The molecule has 2 amide bonds. The molecule has 0 N–H and O–H groups in total. The lowest BCUT2D eigenvalue weighted by atomic mass is 9.89. The number of amides is 2. The van der Waals surface area contributed by atoms with Crippen LogP contribution in [0, 0.1) is 5.41 Å². The van der Waals surface area contributed by atoms with Crippen molar-refractivity contribution in [2.45, 2.75) is 48.0 Å². The van der Waals surface area contributed by atoms with Gasteiger partial charge in [-0.15, -0.1) is 5.01 Å². The molecule has 0 radical (unpaired) electrons. The van der Waals surface area contributed by atoms with E-state index in [1.165, 1.54) is 17.0 Å². The van der Waals surface area contributed by atoms with E-state index < -0.39 is 12.2 Å². The van der Waals surface area contributed by atoms with Gasteiger partial charge in [0.25, 0.3) is 0 Å². The number of allylic oxidation sites excluding steroid dienone is 1. The molecule has 0 spiro atoms. The number of quaternary nitrogens is 1. The molecule has 0 aromatic heterocycles. The Morgan fingerprint density at radius 3 is 2.36 bits per heavy atom. The second kappa shape index (κ2) is 9.24. The molecule has 0 saturated heterocycles. The van der Waals surface area contributed by atoms with Crippen LogP contribution in [0.2, 0.25) is 0 Å². The highest BCUT2D eigenvalue weighted by Gasteiger charge is 2.50. The number of carbonyl (C=O) groups is 2. The molecule has 142 valence electrons. The number of rotatable bonds is 6. The molecule has 1 unspecified atom stereocenters. The van der Waals surface area contributed by atoms with Gasteiger partial charge >= 0.3 is 12.2 Å². The van der Waals surface area contributed by atoms with Crippen molar-refractivity contribution in [2.24, 2.45) is 10.4 Å². The molecule has 1 aliphatic heterocycles. The van der Waals surface area contributed by atoms with Gasteiger partial charge in [0.1, 0.15) is 6.54 Å². The largest absolute Gasteiger partial charge is 0.554 e. The van der Waals surface area contributed by atoms with Crippen LogP contribution < -0.4 is 0 Å². The van der Waals surface area contributed by atoms with Crippen molar-refractivity contribution in [1.82, 2.24) is 5.01 Å². The molecule has 0 aromatic carbocycles. The van der Waals surface area contributed by atoms with Crippen molar-refractivity contribution < 1.29 is 23.1 Å². The van der Waals surface area contributed by atoms with Crippen LogP contribution in [0.1, 0.15) is 48.0 Å². The second-order valence-electron chi connectivity index (χ2n) is 6.21. The Morgan fingerprint density at radius 1 is 1.24 bits per heavy atom. The van der Waals surface area contributed by atoms with Crippen LogP contribution in [0.25, 0.3) is 0 Å². The minimum absolute atomic E-state index is 0.0525. The van der Waals surface area contributed by atoms with E-state index in [1.807, 2.05) is 26.1 Å². The maximum absolute atomic E-state index is 12.8. The Balaban J connectivity index is 3.30. The molecule has 0 saturated carbocycles. The second-order valence-corrected chi connectivity index (χ2v) is 7.41. The third-order valence-corrected chi connectivity index (χ3v) is 5.06. The average Bonchev–Trinajstić information content (AvgIpc) is 2.54. The summed E-state index contributed by atoms with van der Waals surface area (Å²) in [6.45, 7) is 12.4. The summed E-state index contributed by atoms with van der Waals surface area (Å²) in [7, 11) is 0. The van der Waals surface area contributed by atoms with E-state index >= 15 is 0 Å². The summed E-state index contributed by atoms with van der Waals surface area (Å²) in [5, 5.41) is 2.07. The van der Waals surface area contributed by atoms with E-state index in [-0.39, 0.29) is 22.6 Å².